The monoisotopic (exact) mass is 436 g/mol. The summed E-state index contributed by atoms with van der Waals surface area (Å²) in [4.78, 5) is 13.7. The van der Waals surface area contributed by atoms with Crippen molar-refractivity contribution in [2.45, 2.75) is 47.9 Å². The van der Waals surface area contributed by atoms with Gasteiger partial charge in [-0.05, 0) is 61.6 Å². The highest BCUT2D eigenvalue weighted by Crippen LogP contribution is 2.28. The molecule has 156 valence electrons. The zero-order valence-electron chi connectivity index (χ0n) is 16.3. The van der Waals surface area contributed by atoms with E-state index in [1.54, 1.807) is 17.8 Å². The number of nitrogens with one attached hydrogen (secondary N) is 1. The average molecular weight is 437 g/mol. The first-order valence-electron chi connectivity index (χ1n) is 9.61. The third-order valence-electron chi connectivity index (χ3n) is 5.06. The summed E-state index contributed by atoms with van der Waals surface area (Å²) in [5.74, 6) is -0.890. The van der Waals surface area contributed by atoms with Crippen molar-refractivity contribution in [1.82, 2.24) is 4.31 Å². The number of amides is 1. The van der Waals surface area contributed by atoms with Crippen LogP contribution in [0.3, 0.4) is 0 Å². The molecule has 2 aromatic rings. The second-order valence-electron chi connectivity index (χ2n) is 7.08. The fourth-order valence-electron chi connectivity index (χ4n) is 3.56. The first-order valence-corrected chi connectivity index (χ1v) is 12.3. The van der Waals surface area contributed by atoms with Gasteiger partial charge in [0.05, 0.1) is 11.4 Å². The summed E-state index contributed by atoms with van der Waals surface area (Å²) in [6.07, 6.45) is 6.30. The predicted octanol–water partition coefficient (Wildman–Crippen LogP) is 4.51. The van der Waals surface area contributed by atoms with E-state index in [-0.39, 0.29) is 23.4 Å². The first-order chi connectivity index (χ1) is 13.9. The number of thioether (sulfide) groups is 1. The fraction of sp³-hybridized carbons (Fsp3) is 0.381. The Labute approximate surface area is 175 Å². The van der Waals surface area contributed by atoms with Crippen LogP contribution in [0, 0.1) is 5.82 Å². The van der Waals surface area contributed by atoms with E-state index in [1.807, 2.05) is 24.5 Å². The van der Waals surface area contributed by atoms with E-state index in [4.69, 9.17) is 0 Å². The van der Waals surface area contributed by atoms with Crippen LogP contribution in [0.1, 0.15) is 32.1 Å². The molecule has 1 amide bonds. The largest absolute Gasteiger partial charge is 0.325 e. The highest BCUT2D eigenvalue weighted by atomic mass is 32.2. The van der Waals surface area contributed by atoms with E-state index in [9.17, 15) is 17.6 Å². The number of hydrogen-bond acceptors (Lipinski definition) is 4. The second-order valence-corrected chi connectivity index (χ2v) is 9.85. The van der Waals surface area contributed by atoms with Crippen LogP contribution in [0.5, 0.6) is 0 Å². The Balaban J connectivity index is 1.83. The molecule has 0 aliphatic heterocycles. The summed E-state index contributed by atoms with van der Waals surface area (Å²) in [7, 11) is -3.92. The maximum Gasteiger partial charge on any atom is 0.243 e. The Kier molecular flexibility index (Phi) is 7.32. The van der Waals surface area contributed by atoms with E-state index < -0.39 is 15.8 Å². The number of carbonyl (C=O) groups is 1. The van der Waals surface area contributed by atoms with Crippen LogP contribution in [0.25, 0.3) is 0 Å². The molecular formula is C21H25FN2O3S2. The van der Waals surface area contributed by atoms with Gasteiger partial charge in [0.1, 0.15) is 5.82 Å². The van der Waals surface area contributed by atoms with Gasteiger partial charge in [-0.15, -0.1) is 11.8 Å². The van der Waals surface area contributed by atoms with Crippen LogP contribution in [0.4, 0.5) is 10.1 Å². The maximum absolute atomic E-state index is 13.3. The number of nitrogens with zero attached hydrogens (tertiary/aromatic N) is 1. The molecule has 1 aliphatic rings. The van der Waals surface area contributed by atoms with Crippen molar-refractivity contribution in [2.24, 2.45) is 0 Å². The lowest BCUT2D eigenvalue weighted by Crippen LogP contribution is -2.45. The average Bonchev–Trinajstić information content (AvgIpc) is 2.73. The lowest BCUT2D eigenvalue weighted by Gasteiger charge is -2.33. The van der Waals surface area contributed by atoms with Crippen LogP contribution in [-0.4, -0.2) is 37.5 Å². The molecule has 0 unspecified atom stereocenters. The smallest absolute Gasteiger partial charge is 0.243 e. The summed E-state index contributed by atoms with van der Waals surface area (Å²) in [6, 6.07) is 11.9. The maximum atomic E-state index is 13.3. The Morgan fingerprint density at radius 3 is 2.48 bits per heavy atom. The van der Waals surface area contributed by atoms with Gasteiger partial charge < -0.3 is 5.32 Å². The second kappa shape index (κ2) is 9.73. The van der Waals surface area contributed by atoms with Crippen molar-refractivity contribution in [3.05, 3.63) is 54.3 Å². The van der Waals surface area contributed by atoms with Crippen LogP contribution in [0.15, 0.2) is 58.3 Å². The van der Waals surface area contributed by atoms with E-state index in [1.165, 1.54) is 16.4 Å². The molecule has 0 heterocycles. The molecule has 8 heteroatoms. The minimum atomic E-state index is -3.92. The zero-order chi connectivity index (χ0) is 20.9. The zero-order valence-corrected chi connectivity index (χ0v) is 17.9. The van der Waals surface area contributed by atoms with Crippen molar-refractivity contribution < 1.29 is 17.6 Å². The molecule has 1 aliphatic carbocycles. The number of benzene rings is 2. The minimum absolute atomic E-state index is 0.00153. The van der Waals surface area contributed by atoms with Crippen molar-refractivity contribution >= 4 is 33.4 Å². The van der Waals surface area contributed by atoms with E-state index in [0.717, 1.165) is 49.1 Å². The number of hydrogen-bond donors (Lipinski definition) is 1. The highest BCUT2D eigenvalue weighted by molar-refractivity contribution is 7.98. The van der Waals surface area contributed by atoms with Gasteiger partial charge in [0, 0.05) is 16.6 Å². The summed E-state index contributed by atoms with van der Waals surface area (Å²) in [5, 5.41) is 2.80. The first kappa shape index (κ1) is 21.8. The van der Waals surface area contributed by atoms with Gasteiger partial charge >= 0.3 is 0 Å². The third kappa shape index (κ3) is 5.58. The molecule has 5 nitrogen and oxygen atoms in total. The summed E-state index contributed by atoms with van der Waals surface area (Å²) < 4.78 is 41.1. The lowest BCUT2D eigenvalue weighted by atomic mass is 9.95. The number of halogens is 1. The molecule has 1 N–H and O–H groups in total. The van der Waals surface area contributed by atoms with Crippen LogP contribution < -0.4 is 5.32 Å². The topological polar surface area (TPSA) is 66.5 Å². The van der Waals surface area contributed by atoms with Gasteiger partial charge in [0.25, 0.3) is 0 Å². The number of rotatable bonds is 7. The van der Waals surface area contributed by atoms with Crippen molar-refractivity contribution in [2.75, 3.05) is 18.1 Å². The molecule has 3 rings (SSSR count). The van der Waals surface area contributed by atoms with Gasteiger partial charge in [0.2, 0.25) is 15.9 Å². The van der Waals surface area contributed by atoms with Gasteiger partial charge in [0.15, 0.2) is 0 Å². The molecule has 0 saturated heterocycles. The third-order valence-corrected chi connectivity index (χ3v) is 7.69. The van der Waals surface area contributed by atoms with Gasteiger partial charge in [-0.2, -0.15) is 4.31 Å². The lowest BCUT2D eigenvalue weighted by molar-refractivity contribution is -0.116. The van der Waals surface area contributed by atoms with Crippen LogP contribution in [0.2, 0.25) is 0 Å². The minimum Gasteiger partial charge on any atom is -0.325 e. The van der Waals surface area contributed by atoms with E-state index >= 15 is 0 Å². The number of sulfonamides is 1. The van der Waals surface area contributed by atoms with E-state index in [2.05, 4.69) is 5.32 Å². The Morgan fingerprint density at radius 1 is 1.14 bits per heavy atom. The molecular weight excluding hydrogens is 411 g/mol. The van der Waals surface area contributed by atoms with Gasteiger partial charge in [-0.1, -0.05) is 25.3 Å². The molecule has 1 saturated carbocycles. The highest BCUT2D eigenvalue weighted by Gasteiger charge is 2.34. The quantitative estimate of drug-likeness (QED) is 0.649. The standard InChI is InChI=1S/C21H25FN2O3S2/c1-28-19-9-5-6-17(14-19)23-21(25)15-24(18-7-3-2-4-8-18)29(26,27)20-12-10-16(22)11-13-20/h5-6,9-14,18H,2-4,7-8,15H2,1H3,(H,23,25). The molecule has 29 heavy (non-hydrogen) atoms. The summed E-state index contributed by atoms with van der Waals surface area (Å²) >= 11 is 1.56. The Morgan fingerprint density at radius 2 is 1.83 bits per heavy atom. The van der Waals surface area contributed by atoms with Gasteiger partial charge in [-0.25, -0.2) is 12.8 Å². The number of anilines is 1. The molecule has 0 spiro atoms. The van der Waals surface area contributed by atoms with Crippen LogP contribution >= 0.6 is 11.8 Å². The molecule has 2 aromatic carbocycles. The SMILES string of the molecule is CSc1cccc(NC(=O)CN(C2CCCCC2)S(=O)(=O)c2ccc(F)cc2)c1. The Bertz CT molecular complexity index is 943. The van der Waals surface area contributed by atoms with Crippen molar-refractivity contribution in [3.8, 4) is 0 Å². The number of carbonyl (C=O) groups excluding carboxylic acids is 1. The summed E-state index contributed by atoms with van der Waals surface area (Å²) in [6.45, 7) is -0.270. The molecule has 0 aromatic heterocycles. The molecule has 0 bridgehead atoms. The molecule has 0 radical (unpaired) electrons. The molecule has 1 fully saturated rings. The van der Waals surface area contributed by atoms with Crippen molar-refractivity contribution in [1.29, 1.82) is 0 Å². The fourth-order valence-corrected chi connectivity index (χ4v) is 5.67. The van der Waals surface area contributed by atoms with E-state index in [0.29, 0.717) is 5.69 Å². The Hall–Kier alpha value is -1.90. The van der Waals surface area contributed by atoms with Crippen LogP contribution in [-0.2, 0) is 14.8 Å². The molecule has 0 atom stereocenters. The van der Waals surface area contributed by atoms with Crippen molar-refractivity contribution in [3.63, 3.8) is 0 Å². The summed E-state index contributed by atoms with van der Waals surface area (Å²) in [5.41, 5.74) is 0.629. The predicted molar refractivity (Wildman–Crippen MR) is 114 cm³/mol. The van der Waals surface area contributed by atoms with Gasteiger partial charge in [-0.3, -0.25) is 4.79 Å². The normalized spacial score (nSPS) is 15.4.